The van der Waals surface area contributed by atoms with Crippen molar-refractivity contribution < 1.29 is 4.74 Å². The molecule has 12 heavy (non-hydrogen) atoms. The molecular formula is C10H19NO. The second-order valence-electron chi connectivity index (χ2n) is 4.18. The Morgan fingerprint density at radius 3 is 2.67 bits per heavy atom. The lowest BCUT2D eigenvalue weighted by atomic mass is 9.94. The number of nitrogens with one attached hydrogen (secondary N) is 1. The minimum absolute atomic E-state index is 0.841. The predicted octanol–water partition coefficient (Wildman–Crippen LogP) is 1.41. The Labute approximate surface area is 74.7 Å². The van der Waals surface area contributed by atoms with Gasteiger partial charge < -0.3 is 10.1 Å². The smallest absolute Gasteiger partial charge is 0.0468 e. The van der Waals surface area contributed by atoms with Crippen molar-refractivity contribution in [2.75, 3.05) is 20.3 Å². The van der Waals surface area contributed by atoms with E-state index in [1.807, 2.05) is 0 Å². The van der Waals surface area contributed by atoms with E-state index in [0.29, 0.717) is 0 Å². The first-order valence-corrected chi connectivity index (χ1v) is 5.15. The molecule has 2 atom stereocenters. The summed E-state index contributed by atoms with van der Waals surface area (Å²) >= 11 is 0. The molecule has 0 aromatic carbocycles. The summed E-state index contributed by atoms with van der Waals surface area (Å²) in [6, 6.07) is 0.841. The average Bonchev–Trinajstić information content (AvgIpc) is 2.85. The Morgan fingerprint density at radius 2 is 2.08 bits per heavy atom. The van der Waals surface area contributed by atoms with Crippen molar-refractivity contribution in [2.24, 2.45) is 11.8 Å². The molecule has 0 bridgehead atoms. The van der Waals surface area contributed by atoms with E-state index in [1.54, 1.807) is 0 Å². The molecule has 2 nitrogen and oxygen atoms in total. The minimum atomic E-state index is 0.841. The molecule has 1 saturated heterocycles. The maximum Gasteiger partial charge on any atom is 0.0468 e. The van der Waals surface area contributed by atoms with Crippen LogP contribution in [-0.2, 0) is 4.74 Å². The topological polar surface area (TPSA) is 21.3 Å². The summed E-state index contributed by atoms with van der Waals surface area (Å²) in [5.41, 5.74) is 0. The van der Waals surface area contributed by atoms with Gasteiger partial charge in [-0.2, -0.15) is 0 Å². The van der Waals surface area contributed by atoms with Crippen LogP contribution in [0.2, 0.25) is 0 Å². The molecule has 2 heteroatoms. The van der Waals surface area contributed by atoms with Gasteiger partial charge in [0.05, 0.1) is 0 Å². The summed E-state index contributed by atoms with van der Waals surface area (Å²) in [7, 11) is 2.08. The highest BCUT2D eigenvalue weighted by Crippen LogP contribution is 2.38. The van der Waals surface area contributed by atoms with Gasteiger partial charge in [-0.25, -0.2) is 0 Å². The first-order chi connectivity index (χ1) is 5.90. The third kappa shape index (κ3) is 1.99. The van der Waals surface area contributed by atoms with Crippen molar-refractivity contribution in [1.82, 2.24) is 5.32 Å². The number of hydrogen-bond acceptors (Lipinski definition) is 2. The normalized spacial score (nSPS) is 36.8. The van der Waals surface area contributed by atoms with E-state index in [1.165, 1.54) is 25.7 Å². The standard InChI is InChI=1S/C10H19NO/c1-11-10-7-9(10)6-8-2-4-12-5-3-8/h8-11H,2-7H2,1H3. The Balaban J connectivity index is 1.66. The molecule has 2 aliphatic rings. The lowest BCUT2D eigenvalue weighted by Gasteiger charge is -2.21. The minimum Gasteiger partial charge on any atom is -0.381 e. The average molecular weight is 169 g/mol. The van der Waals surface area contributed by atoms with Gasteiger partial charge in [-0.05, 0) is 44.6 Å². The SMILES string of the molecule is CNC1CC1CC1CCOCC1. The van der Waals surface area contributed by atoms with Gasteiger partial charge in [-0.1, -0.05) is 0 Å². The van der Waals surface area contributed by atoms with Crippen LogP contribution in [0.25, 0.3) is 0 Å². The van der Waals surface area contributed by atoms with Crippen LogP contribution in [0.1, 0.15) is 25.7 Å². The summed E-state index contributed by atoms with van der Waals surface area (Å²) in [6.45, 7) is 2.00. The summed E-state index contributed by atoms with van der Waals surface area (Å²) in [5.74, 6) is 1.94. The van der Waals surface area contributed by atoms with Crippen LogP contribution in [0.3, 0.4) is 0 Å². The Hall–Kier alpha value is -0.0800. The van der Waals surface area contributed by atoms with Gasteiger partial charge in [-0.3, -0.25) is 0 Å². The Morgan fingerprint density at radius 1 is 1.33 bits per heavy atom. The molecule has 1 aliphatic carbocycles. The molecule has 0 spiro atoms. The maximum absolute atomic E-state index is 5.34. The third-order valence-electron chi connectivity index (χ3n) is 3.27. The van der Waals surface area contributed by atoms with E-state index in [0.717, 1.165) is 31.1 Å². The molecule has 1 aliphatic heterocycles. The molecule has 0 aromatic heterocycles. The monoisotopic (exact) mass is 169 g/mol. The van der Waals surface area contributed by atoms with Gasteiger partial charge in [0.25, 0.3) is 0 Å². The molecule has 0 radical (unpaired) electrons. The molecule has 2 fully saturated rings. The number of hydrogen-bond donors (Lipinski definition) is 1. The molecule has 0 amide bonds. The van der Waals surface area contributed by atoms with Crippen LogP contribution in [-0.4, -0.2) is 26.3 Å². The summed E-state index contributed by atoms with van der Waals surface area (Å²) < 4.78 is 5.34. The van der Waals surface area contributed by atoms with E-state index in [4.69, 9.17) is 4.74 Å². The number of ether oxygens (including phenoxy) is 1. The van der Waals surface area contributed by atoms with Crippen LogP contribution in [0.4, 0.5) is 0 Å². The molecule has 2 rings (SSSR count). The summed E-state index contributed by atoms with van der Waals surface area (Å²) in [5, 5.41) is 3.35. The van der Waals surface area contributed by atoms with E-state index < -0.39 is 0 Å². The van der Waals surface area contributed by atoms with E-state index in [-0.39, 0.29) is 0 Å². The summed E-state index contributed by atoms with van der Waals surface area (Å²) in [4.78, 5) is 0. The van der Waals surface area contributed by atoms with Crippen LogP contribution < -0.4 is 5.32 Å². The molecule has 70 valence electrons. The van der Waals surface area contributed by atoms with Crippen LogP contribution >= 0.6 is 0 Å². The zero-order valence-corrected chi connectivity index (χ0v) is 7.88. The lowest BCUT2D eigenvalue weighted by molar-refractivity contribution is 0.0620. The van der Waals surface area contributed by atoms with Crippen molar-refractivity contribution in [3.8, 4) is 0 Å². The fourth-order valence-corrected chi connectivity index (χ4v) is 2.27. The quantitative estimate of drug-likeness (QED) is 0.689. The van der Waals surface area contributed by atoms with Crippen LogP contribution in [0.15, 0.2) is 0 Å². The first kappa shape index (κ1) is 8.52. The molecule has 2 unspecified atom stereocenters. The van der Waals surface area contributed by atoms with Crippen molar-refractivity contribution in [3.63, 3.8) is 0 Å². The van der Waals surface area contributed by atoms with Crippen LogP contribution in [0, 0.1) is 11.8 Å². The highest BCUT2D eigenvalue weighted by Gasteiger charge is 2.37. The van der Waals surface area contributed by atoms with Gasteiger partial charge in [-0.15, -0.1) is 0 Å². The zero-order chi connectivity index (χ0) is 8.39. The van der Waals surface area contributed by atoms with Crippen molar-refractivity contribution in [2.45, 2.75) is 31.7 Å². The summed E-state index contributed by atoms with van der Waals surface area (Å²) in [6.07, 6.45) is 5.45. The van der Waals surface area contributed by atoms with Crippen molar-refractivity contribution in [3.05, 3.63) is 0 Å². The Kier molecular flexibility index (Phi) is 2.66. The molecule has 1 N–H and O–H groups in total. The van der Waals surface area contributed by atoms with Crippen LogP contribution in [0.5, 0.6) is 0 Å². The second-order valence-corrected chi connectivity index (χ2v) is 4.18. The zero-order valence-electron chi connectivity index (χ0n) is 7.88. The van der Waals surface area contributed by atoms with E-state index >= 15 is 0 Å². The largest absolute Gasteiger partial charge is 0.381 e. The highest BCUT2D eigenvalue weighted by molar-refractivity contribution is 4.93. The first-order valence-electron chi connectivity index (χ1n) is 5.15. The predicted molar refractivity (Wildman–Crippen MR) is 49.1 cm³/mol. The molecule has 0 aromatic rings. The van der Waals surface area contributed by atoms with Gasteiger partial charge in [0.15, 0.2) is 0 Å². The van der Waals surface area contributed by atoms with E-state index in [9.17, 15) is 0 Å². The fraction of sp³-hybridized carbons (Fsp3) is 1.00. The molecule has 1 saturated carbocycles. The van der Waals surface area contributed by atoms with Gasteiger partial charge in [0, 0.05) is 19.3 Å². The van der Waals surface area contributed by atoms with Gasteiger partial charge in [0.2, 0.25) is 0 Å². The second kappa shape index (κ2) is 3.75. The van der Waals surface area contributed by atoms with Gasteiger partial charge in [0.1, 0.15) is 0 Å². The molecular weight excluding hydrogens is 150 g/mol. The molecule has 1 heterocycles. The van der Waals surface area contributed by atoms with Crippen molar-refractivity contribution >= 4 is 0 Å². The Bertz CT molecular complexity index is 143. The third-order valence-corrected chi connectivity index (χ3v) is 3.27. The highest BCUT2D eigenvalue weighted by atomic mass is 16.5. The van der Waals surface area contributed by atoms with Crippen molar-refractivity contribution in [1.29, 1.82) is 0 Å². The number of rotatable bonds is 3. The van der Waals surface area contributed by atoms with Gasteiger partial charge >= 0.3 is 0 Å². The lowest BCUT2D eigenvalue weighted by Crippen LogP contribution is -2.18. The van der Waals surface area contributed by atoms with E-state index in [2.05, 4.69) is 12.4 Å². The maximum atomic E-state index is 5.34. The fourth-order valence-electron chi connectivity index (χ4n) is 2.27.